The molecule has 0 aliphatic carbocycles. The fourth-order valence-corrected chi connectivity index (χ4v) is 3.98. The van der Waals surface area contributed by atoms with Gasteiger partial charge in [0.2, 0.25) is 0 Å². The summed E-state index contributed by atoms with van der Waals surface area (Å²) in [6.45, 7) is 0. The van der Waals surface area contributed by atoms with Gasteiger partial charge in [0.25, 0.3) is 11.7 Å². The predicted octanol–water partition coefficient (Wildman–Crippen LogP) is 2.93. The Morgan fingerprint density at radius 2 is 1.44 bits per heavy atom. The highest BCUT2D eigenvalue weighted by Crippen LogP contribution is 2.36. The van der Waals surface area contributed by atoms with Crippen LogP contribution in [0.3, 0.4) is 0 Å². The van der Waals surface area contributed by atoms with Crippen molar-refractivity contribution in [3.8, 4) is 11.5 Å². The molecule has 4 N–H and O–H groups in total. The van der Waals surface area contributed by atoms with Gasteiger partial charge in [-0.3, -0.25) is 10.2 Å². The second-order valence-corrected chi connectivity index (χ2v) is 7.87. The molecule has 0 aromatic heterocycles. The molecule has 3 aromatic rings. The molecule has 0 saturated heterocycles. The zero-order valence-corrected chi connectivity index (χ0v) is 17.2. The number of allylic oxidation sites excluding steroid dienone is 1. The molecule has 1 atom stereocenters. The molecular formula is C25H22N4O3. The van der Waals surface area contributed by atoms with Crippen molar-refractivity contribution in [3.05, 3.63) is 107 Å². The first-order valence-corrected chi connectivity index (χ1v) is 10.3. The highest BCUT2D eigenvalue weighted by atomic mass is 16.3. The first-order valence-electron chi connectivity index (χ1n) is 10.3. The predicted molar refractivity (Wildman–Crippen MR) is 120 cm³/mol. The van der Waals surface area contributed by atoms with Crippen molar-refractivity contribution in [2.45, 2.75) is 18.6 Å². The molecule has 3 aromatic carbocycles. The van der Waals surface area contributed by atoms with E-state index >= 15 is 0 Å². The van der Waals surface area contributed by atoms with Crippen LogP contribution in [0, 0.1) is 0 Å². The summed E-state index contributed by atoms with van der Waals surface area (Å²) in [6, 6.07) is 23.5. The Labute approximate surface area is 185 Å². The number of nitrogens with zero attached hydrogens (tertiary/aromatic N) is 2. The van der Waals surface area contributed by atoms with E-state index in [2.05, 4.69) is 10.7 Å². The number of hydrogen-bond acceptors (Lipinski definition) is 6. The van der Waals surface area contributed by atoms with E-state index in [1.54, 1.807) is 53.5 Å². The fourth-order valence-electron chi connectivity index (χ4n) is 3.98. The lowest BCUT2D eigenvalue weighted by atomic mass is 10.0. The molecular weight excluding hydrogens is 404 g/mol. The van der Waals surface area contributed by atoms with Gasteiger partial charge in [-0.1, -0.05) is 42.5 Å². The van der Waals surface area contributed by atoms with Crippen molar-refractivity contribution in [3.63, 3.8) is 0 Å². The van der Waals surface area contributed by atoms with E-state index in [0.29, 0.717) is 18.6 Å². The first kappa shape index (κ1) is 19.7. The number of hydrogen-bond donors (Lipinski definition) is 4. The molecule has 160 valence electrons. The Hall–Kier alpha value is -4.26. The second-order valence-electron chi connectivity index (χ2n) is 7.87. The van der Waals surface area contributed by atoms with Gasteiger partial charge in [0, 0.05) is 30.3 Å². The average molecular weight is 426 g/mol. The number of phenolic OH excluding ortho intramolecular Hbond substituents is 2. The molecule has 5 rings (SSSR count). The van der Waals surface area contributed by atoms with Crippen LogP contribution in [0.1, 0.15) is 16.7 Å². The first-order chi connectivity index (χ1) is 15.5. The van der Waals surface area contributed by atoms with E-state index in [-0.39, 0.29) is 17.4 Å². The molecule has 32 heavy (non-hydrogen) atoms. The van der Waals surface area contributed by atoms with E-state index in [9.17, 15) is 15.0 Å². The molecule has 2 heterocycles. The van der Waals surface area contributed by atoms with Crippen LogP contribution < -0.4 is 10.7 Å². The Bertz CT molecular complexity index is 1200. The largest absolute Gasteiger partial charge is 0.508 e. The van der Waals surface area contributed by atoms with Crippen LogP contribution in [0.25, 0.3) is 0 Å². The lowest BCUT2D eigenvalue weighted by molar-refractivity contribution is -0.122. The molecule has 0 saturated carbocycles. The molecule has 2 aliphatic heterocycles. The fraction of sp³-hybridized carbons (Fsp3) is 0.120. The monoisotopic (exact) mass is 426 g/mol. The smallest absolute Gasteiger partial charge is 0.284 e. The van der Waals surface area contributed by atoms with Gasteiger partial charge in [0.1, 0.15) is 17.2 Å². The van der Waals surface area contributed by atoms with Crippen molar-refractivity contribution in [2.75, 3.05) is 0 Å². The number of amides is 1. The molecule has 7 nitrogen and oxygen atoms in total. The lowest BCUT2D eigenvalue weighted by Gasteiger charge is -2.40. The van der Waals surface area contributed by atoms with Gasteiger partial charge in [-0.25, -0.2) is 10.0 Å². The van der Waals surface area contributed by atoms with Crippen LogP contribution in [0.2, 0.25) is 0 Å². The van der Waals surface area contributed by atoms with Crippen molar-refractivity contribution < 1.29 is 15.0 Å². The Morgan fingerprint density at radius 1 is 0.812 bits per heavy atom. The number of aliphatic imine (C=N–C) groups is 1. The zero-order valence-electron chi connectivity index (χ0n) is 17.2. The number of benzene rings is 3. The number of aromatic hydroxyl groups is 2. The van der Waals surface area contributed by atoms with Crippen LogP contribution in [-0.2, 0) is 23.4 Å². The van der Waals surface area contributed by atoms with E-state index in [1.165, 1.54) is 0 Å². The van der Waals surface area contributed by atoms with E-state index in [1.807, 2.05) is 36.5 Å². The summed E-state index contributed by atoms with van der Waals surface area (Å²) >= 11 is 0. The number of carbonyl (C=O) groups is 1. The quantitative estimate of drug-likeness (QED) is 0.503. The number of rotatable bonds is 5. The third-order valence-electron chi connectivity index (χ3n) is 5.56. The second kappa shape index (κ2) is 7.77. The van der Waals surface area contributed by atoms with Gasteiger partial charge in [-0.05, 0) is 47.5 Å². The standard InChI is InChI=1S/C25H22N4O3/c30-21-10-6-18(7-11-21)15-23-24(32)28-29-16-20(14-17-4-2-1-3-5-17)26-25(29,27-23)19-8-12-22(31)13-9-19/h1-13,16,26,30-31H,14-15H2,(H,28,32). The summed E-state index contributed by atoms with van der Waals surface area (Å²) in [7, 11) is 0. The van der Waals surface area contributed by atoms with Crippen LogP contribution in [0.5, 0.6) is 11.5 Å². The summed E-state index contributed by atoms with van der Waals surface area (Å²) < 4.78 is 0. The zero-order chi connectivity index (χ0) is 22.1. The normalized spacial score (nSPS) is 19.5. The van der Waals surface area contributed by atoms with Crippen LogP contribution in [0.4, 0.5) is 0 Å². The minimum Gasteiger partial charge on any atom is -0.508 e. The number of fused-ring (bicyclic) bond motifs is 1. The molecule has 0 fully saturated rings. The maximum atomic E-state index is 12.9. The van der Waals surface area contributed by atoms with Gasteiger partial charge in [-0.2, -0.15) is 0 Å². The number of hydrazine groups is 1. The Morgan fingerprint density at radius 3 is 2.12 bits per heavy atom. The van der Waals surface area contributed by atoms with Gasteiger partial charge in [0.05, 0.1) is 0 Å². The summed E-state index contributed by atoms with van der Waals surface area (Å²) in [4.78, 5) is 17.8. The number of phenols is 2. The van der Waals surface area contributed by atoms with Crippen LogP contribution in [0.15, 0.2) is 95.8 Å². The minimum atomic E-state index is -1.06. The Kier molecular flexibility index (Phi) is 4.78. The maximum absolute atomic E-state index is 12.9. The highest BCUT2D eigenvalue weighted by Gasteiger charge is 2.47. The van der Waals surface area contributed by atoms with Crippen molar-refractivity contribution >= 4 is 11.6 Å². The number of nitrogens with one attached hydrogen (secondary N) is 2. The molecule has 0 bridgehead atoms. The van der Waals surface area contributed by atoms with Crippen LogP contribution in [-0.4, -0.2) is 26.8 Å². The van der Waals surface area contributed by atoms with Gasteiger partial charge in [-0.15, -0.1) is 0 Å². The number of carbonyl (C=O) groups excluding carboxylic acids is 1. The highest BCUT2D eigenvalue weighted by molar-refractivity contribution is 6.39. The van der Waals surface area contributed by atoms with Crippen molar-refractivity contribution in [1.29, 1.82) is 0 Å². The molecule has 0 radical (unpaired) electrons. The summed E-state index contributed by atoms with van der Waals surface area (Å²) in [5, 5.41) is 24.5. The average Bonchev–Trinajstić information content (AvgIpc) is 3.14. The third kappa shape index (κ3) is 3.65. The lowest BCUT2D eigenvalue weighted by Crippen LogP contribution is -2.60. The third-order valence-corrected chi connectivity index (χ3v) is 5.56. The Balaban J connectivity index is 1.52. The summed E-state index contributed by atoms with van der Waals surface area (Å²) in [6.07, 6.45) is 2.82. The molecule has 7 heteroatoms. The molecule has 1 unspecified atom stereocenters. The molecule has 1 amide bonds. The van der Waals surface area contributed by atoms with Gasteiger partial charge < -0.3 is 15.5 Å². The molecule has 2 aliphatic rings. The SMILES string of the molecule is O=C1NN2C=C(Cc3ccccc3)NC2(c2ccc(O)cc2)N=C1Cc1ccc(O)cc1. The van der Waals surface area contributed by atoms with Crippen LogP contribution >= 0.6 is 0 Å². The summed E-state index contributed by atoms with van der Waals surface area (Å²) in [5.74, 6) is -1.02. The van der Waals surface area contributed by atoms with E-state index in [0.717, 1.165) is 22.4 Å². The van der Waals surface area contributed by atoms with Gasteiger partial charge >= 0.3 is 0 Å². The van der Waals surface area contributed by atoms with E-state index < -0.39 is 5.79 Å². The summed E-state index contributed by atoms with van der Waals surface area (Å²) in [5.41, 5.74) is 6.98. The van der Waals surface area contributed by atoms with E-state index in [4.69, 9.17) is 4.99 Å². The van der Waals surface area contributed by atoms with Crippen molar-refractivity contribution in [1.82, 2.24) is 15.8 Å². The topological polar surface area (TPSA) is 97.2 Å². The van der Waals surface area contributed by atoms with Gasteiger partial charge in [0.15, 0.2) is 0 Å². The molecule has 0 spiro atoms. The minimum absolute atomic E-state index is 0.153. The maximum Gasteiger partial charge on any atom is 0.284 e. The van der Waals surface area contributed by atoms with Crippen molar-refractivity contribution in [2.24, 2.45) is 4.99 Å².